The third-order valence-electron chi connectivity index (χ3n) is 3.58. The van der Waals surface area contributed by atoms with E-state index in [0.717, 1.165) is 11.8 Å². The lowest BCUT2D eigenvalue weighted by Gasteiger charge is -2.48. The van der Waals surface area contributed by atoms with Gasteiger partial charge in [0.1, 0.15) is 0 Å². The van der Waals surface area contributed by atoms with Crippen molar-refractivity contribution >= 4 is 0 Å². The van der Waals surface area contributed by atoms with Crippen LogP contribution in [0.25, 0.3) is 0 Å². The summed E-state index contributed by atoms with van der Waals surface area (Å²) >= 11 is 0. The van der Waals surface area contributed by atoms with Crippen molar-refractivity contribution in [2.24, 2.45) is 11.8 Å². The van der Waals surface area contributed by atoms with Gasteiger partial charge in [-0.15, -0.1) is 0 Å². The number of hydrogen-bond donors (Lipinski definition) is 0. The lowest BCUT2D eigenvalue weighted by molar-refractivity contribution is 0.0326. The maximum Gasteiger partial charge on any atom is 0.0214 e. The smallest absolute Gasteiger partial charge is 0.0214 e. The molecule has 0 bridgehead atoms. The number of likely N-dealkylation sites (tertiary alicyclic amines) is 1. The van der Waals surface area contributed by atoms with Gasteiger partial charge in [-0.05, 0) is 38.1 Å². The molecule has 2 rings (SSSR count). The van der Waals surface area contributed by atoms with Gasteiger partial charge in [0.25, 0.3) is 0 Å². The van der Waals surface area contributed by atoms with Crippen LogP contribution >= 0.6 is 0 Å². The lowest BCUT2D eigenvalue weighted by atomic mass is 9.67. The van der Waals surface area contributed by atoms with E-state index >= 15 is 0 Å². The Labute approximate surface area is 69.8 Å². The van der Waals surface area contributed by atoms with Crippen LogP contribution in [0, 0.1) is 11.8 Å². The van der Waals surface area contributed by atoms with Crippen molar-refractivity contribution in [1.29, 1.82) is 0 Å². The minimum Gasteiger partial charge on any atom is -0.300 e. The Hall–Kier alpha value is -0.0400. The molecule has 1 saturated carbocycles. The van der Waals surface area contributed by atoms with Gasteiger partial charge in [0, 0.05) is 12.1 Å². The second kappa shape index (κ2) is 2.22. The van der Waals surface area contributed by atoms with Crippen LogP contribution in [0.1, 0.15) is 33.1 Å². The van der Waals surface area contributed by atoms with Crippen molar-refractivity contribution in [2.75, 3.05) is 13.6 Å². The summed E-state index contributed by atoms with van der Waals surface area (Å²) in [5, 5.41) is 0. The Morgan fingerprint density at radius 3 is 2.00 bits per heavy atom. The van der Waals surface area contributed by atoms with E-state index in [-0.39, 0.29) is 0 Å². The molecule has 1 aliphatic carbocycles. The first-order valence-corrected chi connectivity index (χ1v) is 4.84. The largest absolute Gasteiger partial charge is 0.300 e. The van der Waals surface area contributed by atoms with Crippen LogP contribution < -0.4 is 0 Å². The fourth-order valence-electron chi connectivity index (χ4n) is 3.25. The van der Waals surface area contributed by atoms with Gasteiger partial charge in [0.2, 0.25) is 0 Å². The van der Waals surface area contributed by atoms with E-state index in [4.69, 9.17) is 0 Å². The highest BCUT2D eigenvalue weighted by Crippen LogP contribution is 2.49. The normalized spacial score (nSPS) is 51.5. The summed E-state index contributed by atoms with van der Waals surface area (Å²) in [6, 6.07) is 0. The molecule has 11 heavy (non-hydrogen) atoms. The fourth-order valence-corrected chi connectivity index (χ4v) is 3.25. The zero-order valence-corrected chi connectivity index (χ0v) is 7.93. The van der Waals surface area contributed by atoms with Crippen molar-refractivity contribution in [3.8, 4) is 0 Å². The first-order valence-electron chi connectivity index (χ1n) is 4.84. The molecule has 2 fully saturated rings. The summed E-state index contributed by atoms with van der Waals surface area (Å²) in [5.74, 6) is 1.93. The molecule has 2 aliphatic rings. The van der Waals surface area contributed by atoms with Gasteiger partial charge >= 0.3 is 0 Å². The second-order valence-corrected chi connectivity index (χ2v) is 4.93. The second-order valence-electron chi connectivity index (χ2n) is 4.93. The predicted molar refractivity (Wildman–Crippen MR) is 47.5 cm³/mol. The maximum absolute atomic E-state index is 2.59. The molecule has 0 N–H and O–H groups in total. The molecule has 1 saturated heterocycles. The standard InChI is InChI=1S/C10H19N/c1-8-4-10(5-8)6-9(2)7-11(10)3/h8-9H,4-7H2,1-3H3/t8?,9-,10?/m1/s1. The van der Waals surface area contributed by atoms with Crippen molar-refractivity contribution in [3.63, 3.8) is 0 Å². The molecule has 1 atom stereocenters. The molecule has 1 nitrogen and oxygen atoms in total. The van der Waals surface area contributed by atoms with Gasteiger partial charge in [0.15, 0.2) is 0 Å². The van der Waals surface area contributed by atoms with Crippen LogP contribution in [0.4, 0.5) is 0 Å². The van der Waals surface area contributed by atoms with E-state index in [1.54, 1.807) is 0 Å². The van der Waals surface area contributed by atoms with Crippen LogP contribution in [0.15, 0.2) is 0 Å². The molecular formula is C10H19N. The molecule has 1 heteroatoms. The average Bonchev–Trinajstić information content (AvgIpc) is 2.06. The molecule has 1 aliphatic heterocycles. The first kappa shape index (κ1) is 7.60. The lowest BCUT2D eigenvalue weighted by Crippen LogP contribution is -2.51. The summed E-state index contributed by atoms with van der Waals surface area (Å²) in [5.41, 5.74) is 0.652. The molecule has 1 heterocycles. The van der Waals surface area contributed by atoms with Crippen LogP contribution in [0.5, 0.6) is 0 Å². The average molecular weight is 153 g/mol. The third-order valence-corrected chi connectivity index (χ3v) is 3.58. The maximum atomic E-state index is 2.59. The first-order chi connectivity index (χ1) is 5.12. The number of nitrogens with zero attached hydrogens (tertiary/aromatic N) is 1. The quantitative estimate of drug-likeness (QED) is 0.515. The van der Waals surface area contributed by atoms with Gasteiger partial charge in [0.05, 0.1) is 0 Å². The van der Waals surface area contributed by atoms with Gasteiger partial charge in [-0.25, -0.2) is 0 Å². The van der Waals surface area contributed by atoms with E-state index in [2.05, 4.69) is 25.8 Å². The Morgan fingerprint density at radius 1 is 1.09 bits per heavy atom. The highest BCUT2D eigenvalue weighted by Gasteiger charge is 2.49. The predicted octanol–water partition coefficient (Wildman–Crippen LogP) is 2.13. The molecule has 0 amide bonds. The van der Waals surface area contributed by atoms with Gasteiger partial charge in [-0.2, -0.15) is 0 Å². The molecule has 0 radical (unpaired) electrons. The van der Waals surface area contributed by atoms with Gasteiger partial charge in [-0.1, -0.05) is 13.8 Å². The summed E-state index contributed by atoms with van der Waals surface area (Å²) in [6.07, 6.45) is 4.36. The molecule has 64 valence electrons. The third kappa shape index (κ3) is 1.01. The van der Waals surface area contributed by atoms with Crippen LogP contribution in [-0.2, 0) is 0 Å². The molecule has 0 aromatic carbocycles. The van der Waals surface area contributed by atoms with Crippen LogP contribution in [-0.4, -0.2) is 24.0 Å². The highest BCUT2D eigenvalue weighted by atomic mass is 15.2. The number of rotatable bonds is 0. The molecule has 0 aromatic heterocycles. The fraction of sp³-hybridized carbons (Fsp3) is 1.00. The molecule has 1 spiro atoms. The SMILES string of the molecule is CC1CC2(C1)C[C@@H](C)CN2C. The Balaban J connectivity index is 2.04. The van der Waals surface area contributed by atoms with Crippen LogP contribution in [0.2, 0.25) is 0 Å². The minimum absolute atomic E-state index is 0.652. The Morgan fingerprint density at radius 2 is 1.64 bits per heavy atom. The van der Waals surface area contributed by atoms with E-state index < -0.39 is 0 Å². The van der Waals surface area contributed by atoms with Gasteiger partial charge in [-0.3, -0.25) is 0 Å². The summed E-state index contributed by atoms with van der Waals surface area (Å²) < 4.78 is 0. The van der Waals surface area contributed by atoms with E-state index in [0.29, 0.717) is 5.54 Å². The van der Waals surface area contributed by atoms with E-state index in [1.165, 1.54) is 25.8 Å². The molecule has 0 unspecified atom stereocenters. The molecule has 0 aromatic rings. The monoisotopic (exact) mass is 153 g/mol. The summed E-state index contributed by atoms with van der Waals surface area (Å²) in [7, 11) is 2.30. The van der Waals surface area contributed by atoms with Crippen molar-refractivity contribution < 1.29 is 0 Å². The van der Waals surface area contributed by atoms with Gasteiger partial charge < -0.3 is 4.90 Å². The van der Waals surface area contributed by atoms with E-state index in [1.807, 2.05) is 0 Å². The van der Waals surface area contributed by atoms with Crippen molar-refractivity contribution in [1.82, 2.24) is 4.90 Å². The Kier molecular flexibility index (Phi) is 1.54. The summed E-state index contributed by atoms with van der Waals surface area (Å²) in [6.45, 7) is 6.09. The minimum atomic E-state index is 0.652. The van der Waals surface area contributed by atoms with Crippen molar-refractivity contribution in [3.05, 3.63) is 0 Å². The number of hydrogen-bond acceptors (Lipinski definition) is 1. The summed E-state index contributed by atoms with van der Waals surface area (Å²) in [4.78, 5) is 2.59. The van der Waals surface area contributed by atoms with E-state index in [9.17, 15) is 0 Å². The Bertz CT molecular complexity index is 158. The highest BCUT2D eigenvalue weighted by molar-refractivity contribution is 5.05. The molecular weight excluding hydrogens is 134 g/mol. The topological polar surface area (TPSA) is 3.24 Å². The zero-order valence-electron chi connectivity index (χ0n) is 7.93. The van der Waals surface area contributed by atoms with Crippen LogP contribution in [0.3, 0.4) is 0 Å². The zero-order chi connectivity index (χ0) is 8.06. The van der Waals surface area contributed by atoms with Crippen molar-refractivity contribution in [2.45, 2.75) is 38.6 Å².